The van der Waals surface area contributed by atoms with Crippen LogP contribution in [0.1, 0.15) is 181 Å². The minimum atomic E-state index is -1.05. The van der Waals surface area contributed by atoms with Crippen LogP contribution >= 0.6 is 0 Å². The molecule has 0 N–H and O–H groups in total. The van der Waals surface area contributed by atoms with E-state index >= 15 is 0 Å². The molecule has 6 rings (SSSR count). The van der Waals surface area contributed by atoms with Crippen LogP contribution in [-0.4, -0.2) is 15.1 Å². The quantitative estimate of drug-likeness (QED) is 0.0468. The predicted octanol–water partition coefficient (Wildman–Crippen LogP) is 14.5. The average molecular weight is 729 g/mol. The SMILES string of the molecule is CCCCCCCCCCCCn1c(C)c(C2(c3c(C)n(CCCCCCCCCCCC)c4ccccc34)OC(=O)c3ccccc32)c2ccccc21. The smallest absolute Gasteiger partial charge is 0.340 e. The van der Waals surface area contributed by atoms with Gasteiger partial charge in [0, 0.05) is 63.0 Å². The third-order valence-electron chi connectivity index (χ3n) is 12.4. The van der Waals surface area contributed by atoms with Gasteiger partial charge in [-0.2, -0.15) is 0 Å². The summed E-state index contributed by atoms with van der Waals surface area (Å²) in [4.78, 5) is 14.0. The molecule has 0 fully saturated rings. The van der Waals surface area contributed by atoms with Gasteiger partial charge in [0.15, 0.2) is 5.60 Å². The number of rotatable bonds is 24. The summed E-state index contributed by atoms with van der Waals surface area (Å²) < 4.78 is 12.0. The van der Waals surface area contributed by atoms with Crippen molar-refractivity contribution in [2.75, 3.05) is 0 Å². The average Bonchev–Trinajstić information content (AvgIpc) is 3.76. The second-order valence-corrected chi connectivity index (χ2v) is 16.2. The standard InChI is InChI=1S/C50H68N2O2/c1-5-7-9-11-13-15-17-19-21-29-37-51-39(3)47(42-32-24-27-35-45(42)51)50(44-34-26-23-31-41(44)49(53)54-50)48-40(4)52(46-36-28-25-33-43(46)48)38-30-22-20-18-16-14-12-10-8-6-2/h23-28,31-36H,5-22,29-30,37-38H2,1-4H3. The Bertz CT molecular complexity index is 1840. The Hall–Kier alpha value is -3.79. The second kappa shape index (κ2) is 19.7. The van der Waals surface area contributed by atoms with Crippen LogP contribution in [0.3, 0.4) is 0 Å². The number of aromatic nitrogens is 2. The monoisotopic (exact) mass is 729 g/mol. The molecule has 54 heavy (non-hydrogen) atoms. The summed E-state index contributed by atoms with van der Waals surface area (Å²) in [6.45, 7) is 11.0. The van der Waals surface area contributed by atoms with Crippen molar-refractivity contribution in [3.8, 4) is 0 Å². The minimum Gasteiger partial charge on any atom is -0.440 e. The van der Waals surface area contributed by atoms with Crippen LogP contribution in [0.5, 0.6) is 0 Å². The van der Waals surface area contributed by atoms with E-state index in [9.17, 15) is 4.79 Å². The van der Waals surface area contributed by atoms with Crippen molar-refractivity contribution in [2.24, 2.45) is 0 Å². The fourth-order valence-corrected chi connectivity index (χ4v) is 9.56. The van der Waals surface area contributed by atoms with Crippen molar-refractivity contribution in [3.05, 3.63) is 106 Å². The van der Waals surface area contributed by atoms with Crippen molar-refractivity contribution >= 4 is 27.8 Å². The zero-order valence-corrected chi connectivity index (χ0v) is 34.2. The van der Waals surface area contributed by atoms with Crippen LogP contribution in [0.15, 0.2) is 72.8 Å². The van der Waals surface area contributed by atoms with Gasteiger partial charge in [-0.3, -0.25) is 0 Å². The maximum absolute atomic E-state index is 14.0. The van der Waals surface area contributed by atoms with Gasteiger partial charge < -0.3 is 13.9 Å². The van der Waals surface area contributed by atoms with E-state index < -0.39 is 5.60 Å². The first-order valence-electron chi connectivity index (χ1n) is 22.0. The number of para-hydroxylation sites is 2. The summed E-state index contributed by atoms with van der Waals surface area (Å²) in [6, 6.07) is 25.8. The largest absolute Gasteiger partial charge is 0.440 e. The van der Waals surface area contributed by atoms with Gasteiger partial charge >= 0.3 is 5.97 Å². The molecular formula is C50H68N2O2. The lowest BCUT2D eigenvalue weighted by Crippen LogP contribution is -2.31. The van der Waals surface area contributed by atoms with Crippen LogP contribution in [0.2, 0.25) is 0 Å². The van der Waals surface area contributed by atoms with Gasteiger partial charge in [0.25, 0.3) is 0 Å². The first-order valence-corrected chi connectivity index (χ1v) is 22.0. The topological polar surface area (TPSA) is 36.2 Å². The number of unbranched alkanes of at least 4 members (excludes halogenated alkanes) is 18. The number of carbonyl (C=O) groups is 1. The fraction of sp³-hybridized carbons (Fsp3) is 0.540. The second-order valence-electron chi connectivity index (χ2n) is 16.2. The number of fused-ring (bicyclic) bond motifs is 3. The van der Waals surface area contributed by atoms with Gasteiger partial charge in [-0.25, -0.2) is 4.79 Å². The highest BCUT2D eigenvalue weighted by Gasteiger charge is 2.53. The molecule has 3 aromatic carbocycles. The third-order valence-corrected chi connectivity index (χ3v) is 12.4. The van der Waals surface area contributed by atoms with Crippen LogP contribution in [0.4, 0.5) is 0 Å². The summed E-state index contributed by atoms with van der Waals surface area (Å²) in [5.41, 5.74) is 7.68. The molecule has 0 atom stereocenters. The van der Waals surface area contributed by atoms with Crippen molar-refractivity contribution < 1.29 is 9.53 Å². The molecule has 0 amide bonds. The highest BCUT2D eigenvalue weighted by molar-refractivity contribution is 6.01. The van der Waals surface area contributed by atoms with E-state index in [0.717, 1.165) is 42.6 Å². The summed E-state index contributed by atoms with van der Waals surface area (Å²) in [6.07, 6.45) is 26.4. The number of ether oxygens (including phenoxy) is 1. The van der Waals surface area contributed by atoms with E-state index in [1.54, 1.807) is 0 Å². The van der Waals surface area contributed by atoms with Crippen LogP contribution in [0.25, 0.3) is 21.8 Å². The molecule has 0 saturated heterocycles. The number of hydrogen-bond acceptors (Lipinski definition) is 2. The third kappa shape index (κ3) is 8.53. The molecule has 5 aromatic rings. The Kier molecular flexibility index (Phi) is 14.5. The minimum absolute atomic E-state index is 0.234. The zero-order chi connectivity index (χ0) is 37.8. The number of aryl methyl sites for hydroxylation is 2. The number of benzene rings is 3. The highest BCUT2D eigenvalue weighted by Crippen LogP contribution is 2.54. The molecule has 4 heteroatoms. The van der Waals surface area contributed by atoms with Gasteiger partial charge in [-0.05, 0) is 44.9 Å². The van der Waals surface area contributed by atoms with Gasteiger partial charge in [0.05, 0.1) is 5.56 Å². The first kappa shape index (κ1) is 39.9. The molecule has 3 heterocycles. The molecule has 0 spiro atoms. The lowest BCUT2D eigenvalue weighted by atomic mass is 9.77. The molecule has 1 aliphatic heterocycles. The van der Waals surface area contributed by atoms with E-state index in [1.807, 2.05) is 12.1 Å². The van der Waals surface area contributed by atoms with E-state index in [-0.39, 0.29) is 5.97 Å². The molecule has 0 bridgehead atoms. The Morgan fingerprint density at radius 3 is 1.30 bits per heavy atom. The van der Waals surface area contributed by atoms with Crippen molar-refractivity contribution in [1.29, 1.82) is 0 Å². The highest BCUT2D eigenvalue weighted by atomic mass is 16.6. The van der Waals surface area contributed by atoms with Gasteiger partial charge in [0.2, 0.25) is 0 Å². The summed E-state index contributed by atoms with van der Waals surface area (Å²) in [7, 11) is 0. The Morgan fingerprint density at radius 1 is 0.481 bits per heavy atom. The van der Waals surface area contributed by atoms with E-state index in [1.165, 1.54) is 149 Å². The van der Waals surface area contributed by atoms with Crippen LogP contribution in [0, 0.1) is 13.8 Å². The maximum Gasteiger partial charge on any atom is 0.340 e. The fourth-order valence-electron chi connectivity index (χ4n) is 9.56. The number of nitrogens with zero attached hydrogens (tertiary/aromatic N) is 2. The Balaban J connectivity index is 1.30. The first-order chi connectivity index (χ1) is 26.5. The molecule has 0 aliphatic carbocycles. The van der Waals surface area contributed by atoms with E-state index in [2.05, 4.69) is 97.5 Å². The maximum atomic E-state index is 14.0. The molecule has 2 aromatic heterocycles. The van der Waals surface area contributed by atoms with Crippen LogP contribution < -0.4 is 0 Å². The summed E-state index contributed by atoms with van der Waals surface area (Å²) >= 11 is 0. The van der Waals surface area contributed by atoms with E-state index in [4.69, 9.17) is 4.74 Å². The van der Waals surface area contributed by atoms with Crippen molar-refractivity contribution in [1.82, 2.24) is 9.13 Å². The molecule has 290 valence electrons. The molecule has 0 unspecified atom stereocenters. The normalized spacial score (nSPS) is 13.7. The van der Waals surface area contributed by atoms with Crippen molar-refractivity contribution in [3.63, 3.8) is 0 Å². The van der Waals surface area contributed by atoms with Gasteiger partial charge in [-0.15, -0.1) is 0 Å². The van der Waals surface area contributed by atoms with Gasteiger partial charge in [0.1, 0.15) is 0 Å². The molecule has 0 saturated carbocycles. The summed E-state index contributed by atoms with van der Waals surface area (Å²) in [5, 5.41) is 2.36. The molecule has 4 nitrogen and oxygen atoms in total. The molecule has 0 radical (unpaired) electrons. The number of cyclic esters (lactones) is 1. The molecule has 1 aliphatic rings. The van der Waals surface area contributed by atoms with E-state index in [0.29, 0.717) is 5.56 Å². The number of hydrogen-bond donors (Lipinski definition) is 0. The van der Waals surface area contributed by atoms with Crippen molar-refractivity contribution in [2.45, 2.75) is 175 Å². The molecular weight excluding hydrogens is 661 g/mol. The predicted molar refractivity (Wildman–Crippen MR) is 229 cm³/mol. The lowest BCUT2D eigenvalue weighted by Gasteiger charge is -2.31. The van der Waals surface area contributed by atoms with Crippen LogP contribution in [-0.2, 0) is 23.4 Å². The Labute approximate surface area is 326 Å². The lowest BCUT2D eigenvalue weighted by molar-refractivity contribution is 0.0255. The Morgan fingerprint density at radius 2 is 0.852 bits per heavy atom. The number of esters is 1. The zero-order valence-electron chi connectivity index (χ0n) is 34.2. The van der Waals surface area contributed by atoms with Gasteiger partial charge in [-0.1, -0.05) is 184 Å². The number of carbonyl (C=O) groups excluding carboxylic acids is 1. The summed E-state index contributed by atoms with van der Waals surface area (Å²) in [5.74, 6) is -0.234.